The van der Waals surface area contributed by atoms with E-state index in [0.717, 1.165) is 31.4 Å². The molecule has 2 aromatic heterocycles. The van der Waals surface area contributed by atoms with Gasteiger partial charge in [-0.25, -0.2) is 47.1 Å². The van der Waals surface area contributed by atoms with Gasteiger partial charge in [-0.05, 0) is 24.3 Å². The summed E-state index contributed by atoms with van der Waals surface area (Å²) in [5.41, 5.74) is 4.54. The highest BCUT2D eigenvalue weighted by molar-refractivity contribution is 6.32. The van der Waals surface area contributed by atoms with Crippen molar-refractivity contribution in [2.24, 2.45) is 0 Å². The van der Waals surface area contributed by atoms with Crippen LogP contribution in [0.15, 0.2) is 49.1 Å². The number of esters is 2. The first kappa shape index (κ1) is 37.8. The van der Waals surface area contributed by atoms with Gasteiger partial charge >= 0.3 is 17.9 Å². The lowest BCUT2D eigenvalue weighted by Crippen LogP contribution is -2.20. The molecule has 4 aromatic rings. The van der Waals surface area contributed by atoms with Gasteiger partial charge in [-0.1, -0.05) is 23.2 Å². The van der Waals surface area contributed by atoms with Crippen LogP contribution < -0.4 is 11.1 Å². The molecule has 4 N–H and O–H groups in total. The number of aromatic nitrogens is 4. The van der Waals surface area contributed by atoms with Crippen LogP contribution >= 0.6 is 23.2 Å². The second-order valence-corrected chi connectivity index (χ2v) is 9.22. The Hall–Kier alpha value is -5.42. The molecule has 0 radical (unpaired) electrons. The third-order valence-corrected chi connectivity index (χ3v) is 6.20. The number of aliphatic carboxylic acids is 1. The Kier molecular flexibility index (Phi) is 14.4. The zero-order valence-corrected chi connectivity index (χ0v) is 25.6. The van der Waals surface area contributed by atoms with E-state index in [1.807, 2.05) is 0 Å². The molecule has 47 heavy (non-hydrogen) atoms. The summed E-state index contributed by atoms with van der Waals surface area (Å²) < 4.78 is 61.5. The summed E-state index contributed by atoms with van der Waals surface area (Å²) in [6.45, 7) is 0. The largest absolute Gasteiger partial charge is 0.481 e. The molecule has 248 valence electrons. The fourth-order valence-corrected chi connectivity index (χ4v) is 3.67. The Morgan fingerprint density at radius 2 is 1.15 bits per heavy atom. The molecule has 2 aromatic carbocycles. The van der Waals surface area contributed by atoms with Crippen LogP contribution in [0.4, 0.5) is 29.2 Å². The molecule has 2 heterocycles. The number of carbonyl (C=O) groups excluding carboxylic acids is 3. The van der Waals surface area contributed by atoms with E-state index in [1.54, 1.807) is 0 Å². The van der Waals surface area contributed by atoms with Gasteiger partial charge in [-0.2, -0.15) is 0 Å². The lowest BCUT2D eigenvalue weighted by Gasteiger charge is -2.09. The minimum absolute atomic E-state index is 0.0509. The first-order valence-electron chi connectivity index (χ1n) is 12.5. The molecule has 0 unspecified atom stereocenters. The van der Waals surface area contributed by atoms with Crippen LogP contribution in [0.5, 0.6) is 0 Å². The molecule has 19 heteroatoms. The Morgan fingerprint density at radius 3 is 1.64 bits per heavy atom. The maximum absolute atomic E-state index is 13.7. The third-order valence-electron chi connectivity index (χ3n) is 5.38. The normalized spacial score (nSPS) is 9.96. The first-order valence-corrected chi connectivity index (χ1v) is 13.3. The minimum Gasteiger partial charge on any atom is -0.481 e. The number of ether oxygens (including phenoxy) is 2. The summed E-state index contributed by atoms with van der Waals surface area (Å²) in [5.74, 6) is -6.75. The number of carboxylic acid groups (broad SMARTS) is 1. The van der Waals surface area contributed by atoms with Crippen molar-refractivity contribution in [3.05, 3.63) is 105 Å². The molecule has 0 bridgehead atoms. The van der Waals surface area contributed by atoms with Crippen molar-refractivity contribution < 1.29 is 51.3 Å². The molecule has 1 amide bonds. The fourth-order valence-electron chi connectivity index (χ4n) is 3.23. The van der Waals surface area contributed by atoms with Crippen LogP contribution in [0.1, 0.15) is 32.1 Å². The maximum Gasteiger partial charge on any atom is 0.360 e. The number of nitrogen functional groups attached to an aromatic ring is 1. The molecule has 0 saturated heterocycles. The van der Waals surface area contributed by atoms with Crippen molar-refractivity contribution in [2.45, 2.75) is 12.8 Å². The number of amides is 1. The quantitative estimate of drug-likeness (QED) is 0.139. The van der Waals surface area contributed by atoms with Gasteiger partial charge in [0.1, 0.15) is 23.3 Å². The Balaban J connectivity index is 0.000000270. The Morgan fingerprint density at radius 1 is 0.723 bits per heavy atom. The highest BCUT2D eigenvalue weighted by atomic mass is 35.5. The summed E-state index contributed by atoms with van der Waals surface area (Å²) >= 11 is 11.0. The lowest BCUT2D eigenvalue weighted by molar-refractivity contribution is -0.136. The van der Waals surface area contributed by atoms with Gasteiger partial charge in [0, 0.05) is 35.9 Å². The van der Waals surface area contributed by atoms with Crippen molar-refractivity contribution >= 4 is 58.7 Å². The highest BCUT2D eigenvalue weighted by Gasteiger charge is 2.20. The lowest BCUT2D eigenvalue weighted by atomic mass is 10.1. The molecule has 0 aliphatic carbocycles. The fraction of sp³-hybridized carbons (Fsp3) is 0.143. The summed E-state index contributed by atoms with van der Waals surface area (Å²) in [7, 11) is 2.40. The smallest absolute Gasteiger partial charge is 0.360 e. The Labute approximate surface area is 272 Å². The molecule has 4 rings (SSSR count). The van der Waals surface area contributed by atoms with Gasteiger partial charge in [0.25, 0.3) is 0 Å². The number of benzene rings is 2. The number of halogens is 6. The number of anilines is 2. The van der Waals surface area contributed by atoms with Gasteiger partial charge < -0.3 is 25.6 Å². The average molecular weight is 701 g/mol. The molecular formula is C28H22Cl2F4N6O7. The number of hydrogen-bond acceptors (Lipinski definition) is 11. The van der Waals surface area contributed by atoms with Gasteiger partial charge in [0.15, 0.2) is 23.0 Å². The average Bonchev–Trinajstić information content (AvgIpc) is 3.05. The predicted molar refractivity (Wildman–Crippen MR) is 158 cm³/mol. The minimum atomic E-state index is -1.26. The van der Waals surface area contributed by atoms with E-state index < -0.39 is 70.0 Å². The Bertz CT molecular complexity index is 1790. The van der Waals surface area contributed by atoms with Crippen LogP contribution in [0.3, 0.4) is 0 Å². The van der Waals surface area contributed by atoms with E-state index >= 15 is 0 Å². The molecule has 0 spiro atoms. The molecule has 0 atom stereocenters. The summed E-state index contributed by atoms with van der Waals surface area (Å²) in [4.78, 5) is 59.5. The second kappa shape index (κ2) is 17.9. The SMILES string of the molecule is COC(=O)c1nccnc1N.COC(=O)c1nccnc1NC(=O)Cc1c(F)ccc(F)c1Cl.O=C(O)Cc1c(F)ccc(F)c1Cl. The number of nitrogens with one attached hydrogen (secondary N) is 1. The van der Waals surface area contributed by atoms with Gasteiger partial charge in [0.05, 0.1) is 37.1 Å². The van der Waals surface area contributed by atoms with Crippen LogP contribution in [-0.4, -0.2) is 63.1 Å². The summed E-state index contributed by atoms with van der Waals surface area (Å²) in [5, 5.41) is 9.70. The zero-order valence-electron chi connectivity index (χ0n) is 24.1. The van der Waals surface area contributed by atoms with Gasteiger partial charge in [0.2, 0.25) is 5.91 Å². The summed E-state index contributed by atoms with van der Waals surface area (Å²) in [6.07, 6.45) is 4.11. The second-order valence-electron chi connectivity index (χ2n) is 8.47. The van der Waals surface area contributed by atoms with Crippen molar-refractivity contribution in [1.29, 1.82) is 0 Å². The van der Waals surface area contributed by atoms with Crippen LogP contribution in [0, 0.1) is 23.3 Å². The predicted octanol–water partition coefficient (Wildman–Crippen LogP) is 4.47. The van der Waals surface area contributed by atoms with Crippen LogP contribution in [0.2, 0.25) is 10.0 Å². The van der Waals surface area contributed by atoms with Crippen molar-refractivity contribution in [1.82, 2.24) is 19.9 Å². The topological polar surface area (TPSA) is 197 Å². The summed E-state index contributed by atoms with van der Waals surface area (Å²) in [6, 6.07) is 3.42. The van der Waals surface area contributed by atoms with Gasteiger partial charge in [-0.3, -0.25) is 9.59 Å². The number of nitrogens with zero attached hydrogens (tertiary/aromatic N) is 4. The van der Waals surface area contributed by atoms with Crippen LogP contribution in [-0.2, 0) is 31.9 Å². The number of nitrogens with two attached hydrogens (primary N) is 1. The van der Waals surface area contributed by atoms with Crippen molar-refractivity contribution in [3.63, 3.8) is 0 Å². The molecule has 0 aliphatic heterocycles. The zero-order chi connectivity index (χ0) is 35.3. The molecule has 0 aliphatic rings. The monoisotopic (exact) mass is 700 g/mol. The van der Waals surface area contributed by atoms with E-state index in [1.165, 1.54) is 31.9 Å². The number of carbonyl (C=O) groups is 4. The van der Waals surface area contributed by atoms with E-state index in [4.69, 9.17) is 34.0 Å². The van der Waals surface area contributed by atoms with Gasteiger partial charge in [-0.15, -0.1) is 0 Å². The van der Waals surface area contributed by atoms with E-state index in [-0.39, 0.29) is 34.2 Å². The standard InChI is InChI=1S/C14H10ClF2N3O3.C8H5ClF2O2.C6H7N3O2/c1-23-14(22)12-13(19-5-4-18-12)20-10(21)6-7-8(16)2-3-9(17)11(7)15;9-8-4(3-7(12)13)5(10)1-2-6(8)11;1-11-6(10)4-5(7)9-3-2-8-4/h2-5H,6H2,1H3,(H,19,20,21);1-2H,3H2,(H,12,13);2-3H,1H3,(H2,7,9). The number of carboxylic acids is 1. The van der Waals surface area contributed by atoms with Crippen LogP contribution in [0.25, 0.3) is 0 Å². The van der Waals surface area contributed by atoms with E-state index in [9.17, 15) is 36.7 Å². The molecule has 13 nitrogen and oxygen atoms in total. The number of methoxy groups -OCH3 is 2. The maximum atomic E-state index is 13.7. The van der Waals surface area contributed by atoms with Crippen molar-refractivity contribution in [3.8, 4) is 0 Å². The first-order chi connectivity index (χ1) is 22.2. The molecular weight excluding hydrogens is 679 g/mol. The third kappa shape index (κ3) is 10.9. The number of rotatable bonds is 7. The molecule has 0 saturated carbocycles. The van der Waals surface area contributed by atoms with E-state index in [2.05, 4.69) is 34.7 Å². The number of hydrogen-bond donors (Lipinski definition) is 3. The van der Waals surface area contributed by atoms with Crippen molar-refractivity contribution in [2.75, 3.05) is 25.3 Å². The molecule has 0 fully saturated rings. The van der Waals surface area contributed by atoms with E-state index in [0.29, 0.717) is 0 Å². The highest BCUT2D eigenvalue weighted by Crippen LogP contribution is 2.24.